The molecule has 0 saturated heterocycles. The van der Waals surface area contributed by atoms with Crippen LogP contribution in [0.4, 0.5) is 0 Å². The van der Waals surface area contributed by atoms with Crippen LogP contribution in [0.25, 0.3) is 0 Å². The number of methoxy groups -OCH3 is 1. The lowest BCUT2D eigenvalue weighted by molar-refractivity contribution is -0.135. The number of carbonyl (C=O) groups excluding carboxylic acids is 2. The fourth-order valence-corrected chi connectivity index (χ4v) is 2.67. The topological polar surface area (TPSA) is 70.4 Å². The van der Waals surface area contributed by atoms with E-state index < -0.39 is 17.9 Å². The molecular formula is C20H18N2O4. The molecule has 0 bridgehead atoms. The van der Waals surface area contributed by atoms with Crippen molar-refractivity contribution >= 4 is 11.9 Å². The summed E-state index contributed by atoms with van der Waals surface area (Å²) in [5.74, 6) is -1.46. The van der Waals surface area contributed by atoms with Crippen LogP contribution in [0.2, 0.25) is 0 Å². The third-order valence-corrected chi connectivity index (χ3v) is 3.94. The highest BCUT2D eigenvalue weighted by Crippen LogP contribution is 2.27. The number of aromatic nitrogens is 2. The summed E-state index contributed by atoms with van der Waals surface area (Å²) in [6, 6.07) is 20.2. The minimum Gasteiger partial charge on any atom is -0.464 e. The van der Waals surface area contributed by atoms with Gasteiger partial charge in [-0.1, -0.05) is 60.7 Å². The molecule has 0 aliphatic heterocycles. The van der Waals surface area contributed by atoms with Gasteiger partial charge in [0.1, 0.15) is 5.92 Å². The van der Waals surface area contributed by atoms with E-state index in [0.29, 0.717) is 0 Å². The zero-order chi connectivity index (χ0) is 18.5. The van der Waals surface area contributed by atoms with E-state index in [0.717, 1.165) is 11.1 Å². The van der Waals surface area contributed by atoms with E-state index in [4.69, 9.17) is 4.74 Å². The predicted molar refractivity (Wildman–Crippen MR) is 94.9 cm³/mol. The van der Waals surface area contributed by atoms with Gasteiger partial charge in [-0.25, -0.2) is 9.48 Å². The van der Waals surface area contributed by atoms with Crippen molar-refractivity contribution in [2.24, 2.45) is 7.05 Å². The largest absolute Gasteiger partial charge is 0.464 e. The van der Waals surface area contributed by atoms with Gasteiger partial charge in [0.25, 0.3) is 0 Å². The number of hydrogen-bond donors (Lipinski definition) is 0. The fourth-order valence-electron chi connectivity index (χ4n) is 2.67. The minimum absolute atomic E-state index is 0.0776. The normalized spacial score (nSPS) is 10.6. The summed E-state index contributed by atoms with van der Waals surface area (Å²) >= 11 is 0. The van der Waals surface area contributed by atoms with Gasteiger partial charge in [-0.05, 0) is 11.1 Å². The van der Waals surface area contributed by atoms with E-state index in [1.807, 2.05) is 60.7 Å². The second-order valence-electron chi connectivity index (χ2n) is 5.66. The molecule has 0 aliphatic rings. The number of esters is 2. The maximum Gasteiger partial charge on any atom is 0.358 e. The molecule has 0 amide bonds. The maximum atomic E-state index is 12.9. The van der Waals surface area contributed by atoms with E-state index in [1.54, 1.807) is 7.05 Å². The molecule has 3 rings (SSSR count). The third-order valence-electron chi connectivity index (χ3n) is 3.94. The van der Waals surface area contributed by atoms with Crippen molar-refractivity contribution in [2.45, 2.75) is 5.92 Å². The van der Waals surface area contributed by atoms with Crippen LogP contribution in [-0.2, 0) is 16.6 Å². The molecule has 3 aromatic rings. The van der Waals surface area contributed by atoms with Gasteiger partial charge in [-0.15, -0.1) is 0 Å². The van der Waals surface area contributed by atoms with E-state index >= 15 is 0 Å². The van der Waals surface area contributed by atoms with Crippen molar-refractivity contribution in [3.8, 4) is 5.88 Å². The Morgan fingerprint density at radius 3 is 2.00 bits per heavy atom. The summed E-state index contributed by atoms with van der Waals surface area (Å²) in [5, 5.41) is 4.00. The first kappa shape index (κ1) is 17.4. The first-order valence-corrected chi connectivity index (χ1v) is 8.04. The zero-order valence-electron chi connectivity index (χ0n) is 14.5. The Morgan fingerprint density at radius 2 is 1.50 bits per heavy atom. The van der Waals surface area contributed by atoms with Crippen LogP contribution in [0.5, 0.6) is 5.88 Å². The molecule has 0 aliphatic carbocycles. The quantitative estimate of drug-likeness (QED) is 0.662. The highest BCUT2D eigenvalue weighted by Gasteiger charge is 2.26. The predicted octanol–water partition coefficient (Wildman–Crippen LogP) is 2.94. The monoisotopic (exact) mass is 350 g/mol. The molecular weight excluding hydrogens is 332 g/mol. The Kier molecular flexibility index (Phi) is 5.12. The highest BCUT2D eigenvalue weighted by molar-refractivity contribution is 5.88. The van der Waals surface area contributed by atoms with Crippen molar-refractivity contribution in [1.29, 1.82) is 0 Å². The summed E-state index contributed by atoms with van der Waals surface area (Å²) in [6.07, 6.45) is 0. The van der Waals surface area contributed by atoms with Gasteiger partial charge < -0.3 is 9.47 Å². The maximum absolute atomic E-state index is 12.9. The first-order chi connectivity index (χ1) is 12.6. The van der Waals surface area contributed by atoms with Crippen LogP contribution < -0.4 is 4.74 Å². The summed E-state index contributed by atoms with van der Waals surface area (Å²) in [7, 11) is 2.86. The highest BCUT2D eigenvalue weighted by atomic mass is 16.5. The van der Waals surface area contributed by atoms with Crippen molar-refractivity contribution in [2.75, 3.05) is 7.11 Å². The fraction of sp³-hybridized carbons (Fsp3) is 0.150. The molecule has 0 saturated carbocycles. The molecule has 132 valence electrons. The Balaban J connectivity index is 1.92. The number of ether oxygens (including phenoxy) is 2. The second-order valence-corrected chi connectivity index (χ2v) is 5.66. The summed E-state index contributed by atoms with van der Waals surface area (Å²) in [6.45, 7) is 0. The smallest absolute Gasteiger partial charge is 0.358 e. The standard InChI is InChI=1S/C20H18N2O4/c1-22-17(13-16(21-22)19(23)25-2)26-20(24)18(14-9-5-3-6-10-14)15-11-7-4-8-12-15/h3-13,18H,1-2H3. The number of hydrogen-bond acceptors (Lipinski definition) is 5. The first-order valence-electron chi connectivity index (χ1n) is 8.04. The van der Waals surface area contributed by atoms with Crippen LogP contribution in [0.15, 0.2) is 66.7 Å². The molecule has 0 atom stereocenters. The molecule has 6 nitrogen and oxygen atoms in total. The van der Waals surface area contributed by atoms with Crippen molar-refractivity contribution in [3.05, 3.63) is 83.6 Å². The molecule has 0 N–H and O–H groups in total. The van der Waals surface area contributed by atoms with E-state index in [2.05, 4.69) is 9.84 Å². The molecule has 26 heavy (non-hydrogen) atoms. The van der Waals surface area contributed by atoms with Gasteiger partial charge in [-0.3, -0.25) is 4.79 Å². The molecule has 0 unspecified atom stereocenters. The summed E-state index contributed by atoms with van der Waals surface area (Å²) in [4.78, 5) is 24.5. The molecule has 0 spiro atoms. The Labute approximate surface area is 151 Å². The number of aryl methyl sites for hydroxylation is 1. The van der Waals surface area contributed by atoms with Crippen molar-refractivity contribution in [1.82, 2.24) is 9.78 Å². The SMILES string of the molecule is COC(=O)c1cc(OC(=O)C(c2ccccc2)c2ccccc2)n(C)n1. The molecule has 2 aromatic carbocycles. The van der Waals surface area contributed by atoms with Crippen LogP contribution in [-0.4, -0.2) is 28.8 Å². The van der Waals surface area contributed by atoms with E-state index in [9.17, 15) is 9.59 Å². The average molecular weight is 350 g/mol. The number of benzene rings is 2. The van der Waals surface area contributed by atoms with Gasteiger partial charge in [0.05, 0.1) is 7.11 Å². The second kappa shape index (κ2) is 7.65. The van der Waals surface area contributed by atoms with Crippen molar-refractivity contribution < 1.29 is 19.1 Å². The van der Waals surface area contributed by atoms with Gasteiger partial charge in [0.2, 0.25) is 5.88 Å². The molecule has 0 fully saturated rings. The van der Waals surface area contributed by atoms with Crippen molar-refractivity contribution in [3.63, 3.8) is 0 Å². The third kappa shape index (κ3) is 3.64. The van der Waals surface area contributed by atoms with E-state index in [1.165, 1.54) is 17.9 Å². The van der Waals surface area contributed by atoms with Crippen LogP contribution in [0.3, 0.4) is 0 Å². The Hall–Kier alpha value is -3.41. The lowest BCUT2D eigenvalue weighted by atomic mass is 9.91. The molecule has 1 aromatic heterocycles. The molecule has 0 radical (unpaired) electrons. The number of nitrogens with zero attached hydrogens (tertiary/aromatic N) is 2. The minimum atomic E-state index is -0.592. The lowest BCUT2D eigenvalue weighted by Gasteiger charge is -2.16. The zero-order valence-corrected chi connectivity index (χ0v) is 14.5. The molecule has 6 heteroatoms. The number of rotatable bonds is 5. The van der Waals surface area contributed by atoms with Gasteiger partial charge in [0, 0.05) is 13.1 Å². The Bertz CT molecular complexity index is 865. The van der Waals surface area contributed by atoms with Crippen LogP contribution in [0, 0.1) is 0 Å². The number of carbonyl (C=O) groups is 2. The van der Waals surface area contributed by atoms with Gasteiger partial charge in [0.15, 0.2) is 5.69 Å². The van der Waals surface area contributed by atoms with Gasteiger partial charge in [-0.2, -0.15) is 5.10 Å². The lowest BCUT2D eigenvalue weighted by Crippen LogP contribution is -2.21. The molecule has 1 heterocycles. The average Bonchev–Trinajstić information content (AvgIpc) is 3.03. The van der Waals surface area contributed by atoms with Crippen LogP contribution in [0.1, 0.15) is 27.5 Å². The van der Waals surface area contributed by atoms with E-state index in [-0.39, 0.29) is 11.6 Å². The van der Waals surface area contributed by atoms with Crippen LogP contribution >= 0.6 is 0 Å². The summed E-state index contributed by atoms with van der Waals surface area (Å²) < 4.78 is 11.5. The Morgan fingerprint density at radius 1 is 0.962 bits per heavy atom. The summed E-state index contributed by atoms with van der Waals surface area (Å²) in [5.41, 5.74) is 1.71. The van der Waals surface area contributed by atoms with Gasteiger partial charge >= 0.3 is 11.9 Å².